The zero-order valence-corrected chi connectivity index (χ0v) is 13.0. The number of rotatable bonds is 3. The van der Waals surface area contributed by atoms with E-state index in [1.807, 2.05) is 16.3 Å². The fourth-order valence-corrected chi connectivity index (χ4v) is 3.22. The van der Waals surface area contributed by atoms with Gasteiger partial charge >= 0.3 is 12.1 Å². The summed E-state index contributed by atoms with van der Waals surface area (Å²) < 4.78 is 37.4. The molecule has 0 spiro atoms. The lowest BCUT2D eigenvalue weighted by atomic mass is 10.2. The van der Waals surface area contributed by atoms with Gasteiger partial charge in [-0.05, 0) is 30.4 Å². The minimum absolute atomic E-state index is 0.00839. The molecule has 8 heteroatoms. The number of ketones is 1. The lowest BCUT2D eigenvalue weighted by Gasteiger charge is -2.22. The van der Waals surface area contributed by atoms with Crippen molar-refractivity contribution >= 4 is 23.0 Å². The first-order valence-corrected chi connectivity index (χ1v) is 7.82. The van der Waals surface area contributed by atoms with E-state index in [-0.39, 0.29) is 18.9 Å². The lowest BCUT2D eigenvalue weighted by Crippen LogP contribution is -2.43. The average Bonchev–Trinajstić information content (AvgIpc) is 2.77. The van der Waals surface area contributed by atoms with Crippen LogP contribution in [-0.4, -0.2) is 53.8 Å². The SMILES string of the molecule is CC(=O)c1cc(CN2CCCN(C(=O)C(F)(F)F)CC2)cs1. The van der Waals surface area contributed by atoms with E-state index in [2.05, 4.69) is 0 Å². The monoisotopic (exact) mass is 334 g/mol. The van der Waals surface area contributed by atoms with Crippen LogP contribution in [0.1, 0.15) is 28.6 Å². The van der Waals surface area contributed by atoms with E-state index in [4.69, 9.17) is 0 Å². The summed E-state index contributed by atoms with van der Waals surface area (Å²) in [7, 11) is 0. The number of carbonyl (C=O) groups is 2. The number of alkyl halides is 3. The van der Waals surface area contributed by atoms with E-state index in [1.54, 1.807) is 0 Å². The van der Waals surface area contributed by atoms with Crippen LogP contribution in [0.2, 0.25) is 0 Å². The quantitative estimate of drug-likeness (QED) is 0.798. The van der Waals surface area contributed by atoms with Gasteiger partial charge in [0.25, 0.3) is 0 Å². The second-order valence-electron chi connectivity index (χ2n) is 5.30. The molecule has 1 amide bonds. The second kappa shape index (κ2) is 6.78. The summed E-state index contributed by atoms with van der Waals surface area (Å²) in [4.78, 5) is 26.1. The molecule has 2 heterocycles. The molecule has 1 aliphatic rings. The van der Waals surface area contributed by atoms with Crippen molar-refractivity contribution in [3.63, 3.8) is 0 Å². The molecule has 2 rings (SSSR count). The van der Waals surface area contributed by atoms with E-state index in [1.165, 1.54) is 18.3 Å². The smallest absolute Gasteiger partial charge is 0.334 e. The van der Waals surface area contributed by atoms with Crippen molar-refractivity contribution in [1.82, 2.24) is 9.80 Å². The molecule has 1 aromatic rings. The summed E-state index contributed by atoms with van der Waals surface area (Å²) in [5.74, 6) is -1.75. The van der Waals surface area contributed by atoms with Gasteiger partial charge in [0.2, 0.25) is 0 Å². The van der Waals surface area contributed by atoms with Crippen LogP contribution < -0.4 is 0 Å². The van der Waals surface area contributed by atoms with Crippen LogP contribution in [0.15, 0.2) is 11.4 Å². The molecule has 0 saturated carbocycles. The molecule has 0 unspecified atom stereocenters. The third kappa shape index (κ3) is 4.30. The van der Waals surface area contributed by atoms with Gasteiger partial charge in [-0.1, -0.05) is 0 Å². The minimum Gasteiger partial charge on any atom is -0.334 e. The topological polar surface area (TPSA) is 40.6 Å². The van der Waals surface area contributed by atoms with Crippen LogP contribution in [0.3, 0.4) is 0 Å². The van der Waals surface area contributed by atoms with Crippen molar-refractivity contribution < 1.29 is 22.8 Å². The number of halogens is 3. The molecule has 0 radical (unpaired) electrons. The van der Waals surface area contributed by atoms with Gasteiger partial charge in [0.05, 0.1) is 4.88 Å². The van der Waals surface area contributed by atoms with E-state index in [9.17, 15) is 22.8 Å². The molecular formula is C14H17F3N2O2S. The fourth-order valence-electron chi connectivity index (χ4n) is 2.41. The molecule has 1 fully saturated rings. The Kier molecular flexibility index (Phi) is 5.23. The van der Waals surface area contributed by atoms with Crippen molar-refractivity contribution in [2.75, 3.05) is 26.2 Å². The molecule has 122 valence electrons. The molecule has 22 heavy (non-hydrogen) atoms. The Hall–Kier alpha value is -1.41. The number of thiophene rings is 1. The van der Waals surface area contributed by atoms with Gasteiger partial charge in [0, 0.05) is 32.7 Å². The summed E-state index contributed by atoms with van der Waals surface area (Å²) in [5, 5.41) is 1.89. The van der Waals surface area contributed by atoms with Crippen molar-refractivity contribution in [2.45, 2.75) is 26.1 Å². The summed E-state index contributed by atoms with van der Waals surface area (Å²) in [6, 6.07) is 1.82. The molecule has 0 aliphatic carbocycles. The Morgan fingerprint density at radius 2 is 1.95 bits per heavy atom. The zero-order valence-electron chi connectivity index (χ0n) is 12.2. The number of hydrogen-bond acceptors (Lipinski definition) is 4. The van der Waals surface area contributed by atoms with Gasteiger partial charge in [-0.2, -0.15) is 13.2 Å². The van der Waals surface area contributed by atoms with Crippen LogP contribution in [0.4, 0.5) is 13.2 Å². The van der Waals surface area contributed by atoms with Crippen LogP contribution in [-0.2, 0) is 11.3 Å². The van der Waals surface area contributed by atoms with Crippen LogP contribution in [0, 0.1) is 0 Å². The number of nitrogens with zero attached hydrogens (tertiary/aromatic N) is 2. The molecule has 0 aromatic carbocycles. The molecule has 1 aliphatic heterocycles. The molecule has 4 nitrogen and oxygen atoms in total. The maximum atomic E-state index is 12.5. The van der Waals surface area contributed by atoms with E-state index < -0.39 is 12.1 Å². The highest BCUT2D eigenvalue weighted by atomic mass is 32.1. The largest absolute Gasteiger partial charge is 0.471 e. The number of hydrogen-bond donors (Lipinski definition) is 0. The first-order chi connectivity index (χ1) is 10.3. The maximum absolute atomic E-state index is 12.5. The zero-order chi connectivity index (χ0) is 16.3. The third-order valence-corrected chi connectivity index (χ3v) is 4.61. The Morgan fingerprint density at radius 1 is 1.23 bits per heavy atom. The van der Waals surface area contributed by atoms with Gasteiger partial charge in [-0.25, -0.2) is 0 Å². The first-order valence-electron chi connectivity index (χ1n) is 6.94. The predicted octanol–water partition coefficient (Wildman–Crippen LogP) is 2.55. The van der Waals surface area contributed by atoms with Crippen LogP contribution in [0.5, 0.6) is 0 Å². The molecule has 1 saturated heterocycles. The maximum Gasteiger partial charge on any atom is 0.471 e. The summed E-state index contributed by atoms with van der Waals surface area (Å²) in [6.07, 6.45) is -4.30. The lowest BCUT2D eigenvalue weighted by molar-refractivity contribution is -0.185. The summed E-state index contributed by atoms with van der Waals surface area (Å²) >= 11 is 1.37. The second-order valence-corrected chi connectivity index (χ2v) is 6.21. The van der Waals surface area contributed by atoms with Crippen molar-refractivity contribution in [1.29, 1.82) is 0 Å². The van der Waals surface area contributed by atoms with E-state index >= 15 is 0 Å². The highest BCUT2D eigenvalue weighted by molar-refractivity contribution is 7.12. The summed E-state index contributed by atoms with van der Waals surface area (Å²) in [5.41, 5.74) is 0.978. The fraction of sp³-hybridized carbons (Fsp3) is 0.571. The normalized spacial score (nSPS) is 17.4. The standard InChI is InChI=1S/C14H17F3N2O2S/c1-10(20)12-7-11(9-22-12)8-18-3-2-4-19(6-5-18)13(21)14(15,16)17/h7,9H,2-6,8H2,1H3. The molecular weight excluding hydrogens is 317 g/mol. The third-order valence-electron chi connectivity index (χ3n) is 3.53. The van der Waals surface area contributed by atoms with Gasteiger partial charge in [0.15, 0.2) is 5.78 Å². The van der Waals surface area contributed by atoms with Crippen LogP contribution >= 0.6 is 11.3 Å². The van der Waals surface area contributed by atoms with Gasteiger partial charge in [-0.15, -0.1) is 11.3 Å². The highest BCUT2D eigenvalue weighted by Crippen LogP contribution is 2.21. The van der Waals surface area contributed by atoms with Crippen molar-refractivity contribution in [3.8, 4) is 0 Å². The average molecular weight is 334 g/mol. The Labute approximate surface area is 130 Å². The van der Waals surface area contributed by atoms with Crippen molar-refractivity contribution in [2.24, 2.45) is 0 Å². The number of Topliss-reactive ketones (excluding diaryl/α,β-unsaturated/α-hetero) is 1. The van der Waals surface area contributed by atoms with Gasteiger partial charge in [0.1, 0.15) is 0 Å². The first kappa shape index (κ1) is 17.0. The molecule has 0 bridgehead atoms. The molecule has 1 aromatic heterocycles. The highest BCUT2D eigenvalue weighted by Gasteiger charge is 2.42. The number of carbonyl (C=O) groups excluding carboxylic acids is 2. The predicted molar refractivity (Wildman–Crippen MR) is 76.9 cm³/mol. The number of amides is 1. The van der Waals surface area contributed by atoms with Crippen molar-refractivity contribution in [3.05, 3.63) is 21.9 Å². The van der Waals surface area contributed by atoms with Gasteiger partial charge < -0.3 is 4.90 Å². The minimum atomic E-state index is -4.81. The Balaban J connectivity index is 1.92. The summed E-state index contributed by atoms with van der Waals surface area (Å²) in [6.45, 7) is 3.30. The molecule has 0 atom stereocenters. The Bertz CT molecular complexity index is 557. The van der Waals surface area contributed by atoms with Crippen LogP contribution in [0.25, 0.3) is 0 Å². The van der Waals surface area contributed by atoms with E-state index in [0.717, 1.165) is 10.5 Å². The molecule has 0 N–H and O–H groups in total. The Morgan fingerprint density at radius 3 is 2.55 bits per heavy atom. The van der Waals surface area contributed by atoms with Gasteiger partial charge in [-0.3, -0.25) is 14.5 Å². The van der Waals surface area contributed by atoms with E-state index in [0.29, 0.717) is 30.9 Å².